The first kappa shape index (κ1) is 15.3. The summed E-state index contributed by atoms with van der Waals surface area (Å²) in [4.78, 5) is 0. The van der Waals surface area contributed by atoms with Gasteiger partial charge in [-0.25, -0.2) is 0 Å². The van der Waals surface area contributed by atoms with Gasteiger partial charge in [-0.3, -0.25) is 0 Å². The molecule has 1 aromatic rings. The Balaban J connectivity index is 2.30. The highest BCUT2D eigenvalue weighted by molar-refractivity contribution is 5.28. The van der Waals surface area contributed by atoms with E-state index in [1.807, 2.05) is 0 Å². The van der Waals surface area contributed by atoms with Gasteiger partial charge in [0, 0.05) is 11.5 Å². The molecule has 0 aliphatic heterocycles. The summed E-state index contributed by atoms with van der Waals surface area (Å²) in [5.41, 5.74) is 1.87. The van der Waals surface area contributed by atoms with Crippen LogP contribution in [0.25, 0.3) is 0 Å². The van der Waals surface area contributed by atoms with Gasteiger partial charge in [0.15, 0.2) is 0 Å². The largest absolute Gasteiger partial charge is 0.313 e. The second-order valence-corrected chi connectivity index (χ2v) is 6.06. The molecular formula is C19H29N. The van der Waals surface area contributed by atoms with Crippen LogP contribution in [0.3, 0.4) is 0 Å². The molecule has 0 saturated heterocycles. The van der Waals surface area contributed by atoms with Gasteiger partial charge in [0.2, 0.25) is 0 Å². The van der Waals surface area contributed by atoms with Crippen LogP contribution in [0.5, 0.6) is 0 Å². The van der Waals surface area contributed by atoms with Gasteiger partial charge in [-0.1, -0.05) is 62.6 Å². The highest BCUT2D eigenvalue weighted by Crippen LogP contribution is 2.43. The van der Waals surface area contributed by atoms with Crippen LogP contribution >= 0.6 is 0 Å². The molecule has 1 unspecified atom stereocenters. The van der Waals surface area contributed by atoms with E-state index in [0.29, 0.717) is 11.5 Å². The van der Waals surface area contributed by atoms with E-state index >= 15 is 0 Å². The summed E-state index contributed by atoms with van der Waals surface area (Å²) in [7, 11) is 0. The second-order valence-electron chi connectivity index (χ2n) is 6.06. The summed E-state index contributed by atoms with van der Waals surface area (Å²) in [5.74, 6) is 0. The molecule has 1 N–H and O–H groups in total. The van der Waals surface area contributed by atoms with E-state index < -0.39 is 0 Å². The molecule has 110 valence electrons. The molecule has 1 aliphatic rings. The Morgan fingerprint density at radius 3 is 2.50 bits per heavy atom. The molecule has 0 bridgehead atoms. The zero-order valence-electron chi connectivity index (χ0n) is 12.9. The van der Waals surface area contributed by atoms with Crippen LogP contribution in [0.15, 0.2) is 43.0 Å². The van der Waals surface area contributed by atoms with Crippen LogP contribution in [-0.4, -0.2) is 12.6 Å². The number of benzene rings is 1. The summed E-state index contributed by atoms with van der Waals surface area (Å²) in [6.07, 6.45) is 11.1. The molecule has 0 heterocycles. The number of hydrogen-bond donors (Lipinski definition) is 1. The lowest BCUT2D eigenvalue weighted by Crippen LogP contribution is -2.49. The minimum Gasteiger partial charge on any atom is -0.313 e. The molecule has 0 radical (unpaired) electrons. The average Bonchev–Trinajstić information content (AvgIpc) is 2.53. The predicted octanol–water partition coefficient (Wildman–Crippen LogP) is 4.83. The summed E-state index contributed by atoms with van der Waals surface area (Å²) in [6.45, 7) is 7.18. The third-order valence-electron chi connectivity index (χ3n) is 4.87. The SMILES string of the molecule is C=CCCC(NCC)C1(c2ccccc2)CCCCC1. The quantitative estimate of drug-likeness (QED) is 0.700. The zero-order valence-corrected chi connectivity index (χ0v) is 12.9. The highest BCUT2D eigenvalue weighted by Gasteiger charge is 2.40. The lowest BCUT2D eigenvalue weighted by molar-refractivity contribution is 0.206. The fraction of sp³-hybridized carbons (Fsp3) is 0.579. The Kier molecular flexibility index (Phi) is 5.85. The van der Waals surface area contributed by atoms with Gasteiger partial charge in [0.25, 0.3) is 0 Å². The fourth-order valence-corrected chi connectivity index (χ4v) is 3.90. The molecule has 2 rings (SSSR count). The maximum Gasteiger partial charge on any atom is 0.0167 e. The maximum absolute atomic E-state index is 3.91. The van der Waals surface area contributed by atoms with Gasteiger partial charge in [-0.2, -0.15) is 0 Å². The van der Waals surface area contributed by atoms with E-state index in [1.54, 1.807) is 0 Å². The minimum atomic E-state index is 0.332. The maximum atomic E-state index is 3.91. The molecule has 1 aromatic carbocycles. The van der Waals surface area contributed by atoms with Crippen molar-refractivity contribution in [1.29, 1.82) is 0 Å². The topological polar surface area (TPSA) is 12.0 Å². The first-order chi connectivity index (χ1) is 9.83. The minimum absolute atomic E-state index is 0.332. The third kappa shape index (κ3) is 3.32. The zero-order chi connectivity index (χ0) is 14.3. The summed E-state index contributed by atoms with van der Waals surface area (Å²) in [6, 6.07) is 11.8. The van der Waals surface area contributed by atoms with Crippen LogP contribution in [0.2, 0.25) is 0 Å². The first-order valence-electron chi connectivity index (χ1n) is 8.23. The Hall–Kier alpha value is -1.08. The smallest absolute Gasteiger partial charge is 0.0167 e. The van der Waals surface area contributed by atoms with E-state index in [9.17, 15) is 0 Å². The van der Waals surface area contributed by atoms with Gasteiger partial charge in [0.05, 0.1) is 0 Å². The van der Waals surface area contributed by atoms with Crippen molar-refractivity contribution in [3.05, 3.63) is 48.6 Å². The molecule has 1 nitrogen and oxygen atoms in total. The van der Waals surface area contributed by atoms with Crippen LogP contribution < -0.4 is 5.32 Å². The molecule has 1 saturated carbocycles. The summed E-state index contributed by atoms with van der Waals surface area (Å²) < 4.78 is 0. The Morgan fingerprint density at radius 2 is 1.90 bits per heavy atom. The second kappa shape index (κ2) is 7.64. The number of hydrogen-bond acceptors (Lipinski definition) is 1. The summed E-state index contributed by atoms with van der Waals surface area (Å²) in [5, 5.41) is 3.78. The standard InChI is InChI=1S/C19H29N/c1-3-5-14-18(20-4-2)19(15-10-7-11-16-19)17-12-8-6-9-13-17/h3,6,8-9,12-13,18,20H,1,4-5,7,10-11,14-16H2,2H3. The third-order valence-corrected chi connectivity index (χ3v) is 4.87. The molecule has 1 aliphatic carbocycles. The van der Waals surface area contributed by atoms with Crippen molar-refractivity contribution in [2.75, 3.05) is 6.54 Å². The van der Waals surface area contributed by atoms with Gasteiger partial charge in [-0.05, 0) is 37.8 Å². The van der Waals surface area contributed by atoms with E-state index in [0.717, 1.165) is 13.0 Å². The first-order valence-corrected chi connectivity index (χ1v) is 8.23. The van der Waals surface area contributed by atoms with Crippen LogP contribution in [0, 0.1) is 0 Å². The van der Waals surface area contributed by atoms with Gasteiger partial charge >= 0.3 is 0 Å². The molecule has 0 spiro atoms. The van der Waals surface area contributed by atoms with Crippen molar-refractivity contribution in [2.45, 2.75) is 63.3 Å². The van der Waals surface area contributed by atoms with Crippen LogP contribution in [0.1, 0.15) is 57.4 Å². The van der Waals surface area contributed by atoms with Crippen molar-refractivity contribution >= 4 is 0 Å². The highest BCUT2D eigenvalue weighted by atomic mass is 14.9. The Labute approximate surface area is 124 Å². The van der Waals surface area contributed by atoms with E-state index in [-0.39, 0.29) is 0 Å². The molecule has 1 fully saturated rings. The fourth-order valence-electron chi connectivity index (χ4n) is 3.90. The molecular weight excluding hydrogens is 242 g/mol. The van der Waals surface area contributed by atoms with Gasteiger partial charge in [-0.15, -0.1) is 6.58 Å². The summed E-state index contributed by atoms with van der Waals surface area (Å²) >= 11 is 0. The molecule has 1 heteroatoms. The van der Waals surface area contributed by atoms with Crippen molar-refractivity contribution in [3.63, 3.8) is 0 Å². The predicted molar refractivity (Wildman–Crippen MR) is 88.1 cm³/mol. The van der Waals surface area contributed by atoms with E-state index in [1.165, 1.54) is 44.1 Å². The number of rotatable bonds is 7. The van der Waals surface area contributed by atoms with Crippen molar-refractivity contribution < 1.29 is 0 Å². The van der Waals surface area contributed by atoms with E-state index in [4.69, 9.17) is 0 Å². The number of allylic oxidation sites excluding steroid dienone is 1. The van der Waals surface area contributed by atoms with Crippen LogP contribution in [-0.2, 0) is 5.41 Å². The van der Waals surface area contributed by atoms with Crippen molar-refractivity contribution in [2.24, 2.45) is 0 Å². The Morgan fingerprint density at radius 1 is 1.20 bits per heavy atom. The molecule has 0 aromatic heterocycles. The number of nitrogens with one attached hydrogen (secondary N) is 1. The monoisotopic (exact) mass is 271 g/mol. The lowest BCUT2D eigenvalue weighted by Gasteiger charge is -2.45. The number of likely N-dealkylation sites (N-methyl/N-ethyl adjacent to an activating group) is 1. The molecule has 1 atom stereocenters. The van der Waals surface area contributed by atoms with Crippen LogP contribution in [0.4, 0.5) is 0 Å². The molecule has 20 heavy (non-hydrogen) atoms. The van der Waals surface area contributed by atoms with E-state index in [2.05, 4.69) is 55.2 Å². The normalized spacial score (nSPS) is 19.4. The average molecular weight is 271 g/mol. The van der Waals surface area contributed by atoms with Crippen molar-refractivity contribution in [1.82, 2.24) is 5.32 Å². The van der Waals surface area contributed by atoms with Gasteiger partial charge < -0.3 is 5.32 Å². The van der Waals surface area contributed by atoms with Gasteiger partial charge in [0.1, 0.15) is 0 Å². The van der Waals surface area contributed by atoms with Crippen molar-refractivity contribution in [3.8, 4) is 0 Å². The lowest BCUT2D eigenvalue weighted by atomic mass is 9.64. The Bertz CT molecular complexity index is 389. The molecule has 0 amide bonds.